The highest BCUT2D eigenvalue weighted by Gasteiger charge is 2.37. The molecule has 1 N–H and O–H groups in total. The number of nitrogens with one attached hydrogen (secondary N) is 1. The molecule has 1 amide bonds. The first kappa shape index (κ1) is 14.5. The number of carbonyl (C=O) groups is 1. The Morgan fingerprint density at radius 3 is 2.76 bits per heavy atom. The van der Waals surface area contributed by atoms with Gasteiger partial charge in [-0.2, -0.15) is 5.48 Å². The second-order valence-electron chi connectivity index (χ2n) is 6.49. The molecule has 1 aromatic rings. The van der Waals surface area contributed by atoms with Crippen LogP contribution in [0.25, 0.3) is 0 Å². The van der Waals surface area contributed by atoms with Gasteiger partial charge in [-0.15, -0.1) is 0 Å². The van der Waals surface area contributed by atoms with E-state index in [9.17, 15) is 4.79 Å². The average Bonchev–Trinajstić information content (AvgIpc) is 3.17. The van der Waals surface area contributed by atoms with Crippen LogP contribution in [0.15, 0.2) is 30.3 Å². The largest absolute Gasteiger partial charge is 0.341 e. The zero-order valence-corrected chi connectivity index (χ0v) is 12.8. The van der Waals surface area contributed by atoms with Crippen LogP contribution in [0.1, 0.15) is 38.2 Å². The Morgan fingerprint density at radius 2 is 2.10 bits per heavy atom. The molecule has 2 aliphatic heterocycles. The molecule has 0 bridgehead atoms. The minimum absolute atomic E-state index is 0.145. The van der Waals surface area contributed by atoms with Gasteiger partial charge in [0.15, 0.2) is 0 Å². The van der Waals surface area contributed by atoms with E-state index in [0.717, 1.165) is 25.9 Å². The van der Waals surface area contributed by atoms with Crippen molar-refractivity contribution in [3.8, 4) is 0 Å². The molecular formula is C17H24N2O2. The number of amides is 1. The summed E-state index contributed by atoms with van der Waals surface area (Å²) in [5.41, 5.74) is 4.26. The van der Waals surface area contributed by atoms with E-state index in [1.165, 1.54) is 5.56 Å². The SMILES string of the molecule is CC(C)C1CC(C(=O)N2CCC(c3ccccc3)C2)NO1. The summed E-state index contributed by atoms with van der Waals surface area (Å²) in [6, 6.07) is 10.3. The summed E-state index contributed by atoms with van der Waals surface area (Å²) >= 11 is 0. The molecule has 114 valence electrons. The summed E-state index contributed by atoms with van der Waals surface area (Å²) in [5.74, 6) is 1.10. The maximum atomic E-state index is 12.6. The summed E-state index contributed by atoms with van der Waals surface area (Å²) in [4.78, 5) is 20.1. The van der Waals surface area contributed by atoms with Gasteiger partial charge in [-0.05, 0) is 17.9 Å². The van der Waals surface area contributed by atoms with Gasteiger partial charge in [-0.25, -0.2) is 0 Å². The normalized spacial score (nSPS) is 29.3. The average molecular weight is 288 g/mol. The van der Waals surface area contributed by atoms with Crippen LogP contribution in [0.2, 0.25) is 0 Å². The third kappa shape index (κ3) is 3.11. The molecule has 0 aromatic heterocycles. The zero-order chi connectivity index (χ0) is 14.8. The number of benzene rings is 1. The first-order valence-corrected chi connectivity index (χ1v) is 7.90. The maximum absolute atomic E-state index is 12.6. The fourth-order valence-electron chi connectivity index (χ4n) is 3.24. The van der Waals surface area contributed by atoms with E-state index in [0.29, 0.717) is 11.8 Å². The number of hydrogen-bond donors (Lipinski definition) is 1. The van der Waals surface area contributed by atoms with Crippen LogP contribution in [-0.4, -0.2) is 36.0 Å². The molecule has 3 unspecified atom stereocenters. The van der Waals surface area contributed by atoms with Gasteiger partial charge in [-0.1, -0.05) is 44.2 Å². The minimum Gasteiger partial charge on any atom is -0.341 e. The molecule has 3 rings (SSSR count). The Labute approximate surface area is 126 Å². The number of likely N-dealkylation sites (tertiary alicyclic amines) is 1. The monoisotopic (exact) mass is 288 g/mol. The molecule has 2 heterocycles. The Balaban J connectivity index is 1.58. The summed E-state index contributed by atoms with van der Waals surface area (Å²) in [7, 11) is 0. The standard InChI is InChI=1S/C17H24N2O2/c1-12(2)16-10-15(18-21-16)17(20)19-9-8-14(11-19)13-6-4-3-5-7-13/h3-7,12,14-16,18H,8-11H2,1-2H3. The maximum Gasteiger partial charge on any atom is 0.242 e. The fourth-order valence-corrected chi connectivity index (χ4v) is 3.24. The molecule has 21 heavy (non-hydrogen) atoms. The highest BCUT2D eigenvalue weighted by atomic mass is 16.7. The van der Waals surface area contributed by atoms with Crippen molar-refractivity contribution in [1.82, 2.24) is 10.4 Å². The van der Waals surface area contributed by atoms with Crippen LogP contribution in [-0.2, 0) is 9.63 Å². The van der Waals surface area contributed by atoms with Gasteiger partial charge < -0.3 is 4.90 Å². The Bertz CT molecular complexity index is 489. The lowest BCUT2D eigenvalue weighted by Gasteiger charge is -2.20. The van der Waals surface area contributed by atoms with Crippen molar-refractivity contribution in [3.63, 3.8) is 0 Å². The third-order valence-electron chi connectivity index (χ3n) is 4.64. The summed E-state index contributed by atoms with van der Waals surface area (Å²) in [6.45, 7) is 5.93. The van der Waals surface area contributed by atoms with E-state index >= 15 is 0 Å². The Morgan fingerprint density at radius 1 is 1.33 bits per heavy atom. The van der Waals surface area contributed by atoms with Gasteiger partial charge in [0.1, 0.15) is 6.04 Å². The van der Waals surface area contributed by atoms with E-state index in [2.05, 4.69) is 43.6 Å². The lowest BCUT2D eigenvalue weighted by molar-refractivity contribution is -0.133. The topological polar surface area (TPSA) is 41.6 Å². The van der Waals surface area contributed by atoms with Gasteiger partial charge in [0, 0.05) is 25.4 Å². The van der Waals surface area contributed by atoms with Gasteiger partial charge in [0.05, 0.1) is 6.10 Å². The molecule has 0 radical (unpaired) electrons. The van der Waals surface area contributed by atoms with E-state index in [1.807, 2.05) is 11.0 Å². The predicted molar refractivity (Wildman–Crippen MR) is 81.6 cm³/mol. The first-order valence-electron chi connectivity index (χ1n) is 7.90. The Hall–Kier alpha value is -1.39. The van der Waals surface area contributed by atoms with Gasteiger partial charge in [-0.3, -0.25) is 9.63 Å². The van der Waals surface area contributed by atoms with Crippen LogP contribution in [0.5, 0.6) is 0 Å². The summed E-state index contributed by atoms with van der Waals surface area (Å²) < 4.78 is 0. The van der Waals surface area contributed by atoms with Crippen molar-refractivity contribution in [2.75, 3.05) is 13.1 Å². The third-order valence-corrected chi connectivity index (χ3v) is 4.64. The van der Waals surface area contributed by atoms with Crippen molar-refractivity contribution >= 4 is 5.91 Å². The highest BCUT2D eigenvalue weighted by Crippen LogP contribution is 2.28. The fraction of sp³-hybridized carbons (Fsp3) is 0.588. The summed E-state index contributed by atoms with van der Waals surface area (Å²) in [6.07, 6.45) is 1.98. The second kappa shape index (κ2) is 6.16. The number of hydrogen-bond acceptors (Lipinski definition) is 3. The summed E-state index contributed by atoms with van der Waals surface area (Å²) in [5, 5.41) is 0. The van der Waals surface area contributed by atoms with Gasteiger partial charge in [0.25, 0.3) is 0 Å². The molecule has 2 saturated heterocycles. The molecule has 4 nitrogen and oxygen atoms in total. The molecule has 0 saturated carbocycles. The van der Waals surface area contributed by atoms with Crippen molar-refractivity contribution in [3.05, 3.63) is 35.9 Å². The second-order valence-corrected chi connectivity index (χ2v) is 6.49. The lowest BCUT2D eigenvalue weighted by atomic mass is 9.98. The van der Waals surface area contributed by atoms with Crippen LogP contribution in [0.4, 0.5) is 0 Å². The zero-order valence-electron chi connectivity index (χ0n) is 12.8. The van der Waals surface area contributed by atoms with Crippen molar-refractivity contribution < 1.29 is 9.63 Å². The van der Waals surface area contributed by atoms with Crippen molar-refractivity contribution in [1.29, 1.82) is 0 Å². The molecule has 3 atom stereocenters. The van der Waals surface area contributed by atoms with Gasteiger partial charge in [0.2, 0.25) is 5.91 Å². The van der Waals surface area contributed by atoms with Crippen LogP contribution in [0.3, 0.4) is 0 Å². The lowest BCUT2D eigenvalue weighted by Crippen LogP contribution is -2.42. The quantitative estimate of drug-likeness (QED) is 0.928. The van der Waals surface area contributed by atoms with Crippen LogP contribution >= 0.6 is 0 Å². The Kier molecular flexibility index (Phi) is 4.27. The van der Waals surface area contributed by atoms with Gasteiger partial charge >= 0.3 is 0 Å². The van der Waals surface area contributed by atoms with Crippen molar-refractivity contribution in [2.45, 2.75) is 44.8 Å². The highest BCUT2D eigenvalue weighted by molar-refractivity contribution is 5.82. The molecular weight excluding hydrogens is 264 g/mol. The number of nitrogens with zero attached hydrogens (tertiary/aromatic N) is 1. The number of rotatable bonds is 3. The molecule has 1 aromatic carbocycles. The smallest absolute Gasteiger partial charge is 0.242 e. The minimum atomic E-state index is -0.174. The van der Waals surface area contributed by atoms with Crippen LogP contribution in [0, 0.1) is 5.92 Å². The molecule has 0 spiro atoms. The van der Waals surface area contributed by atoms with Crippen molar-refractivity contribution in [2.24, 2.45) is 5.92 Å². The molecule has 4 heteroatoms. The molecule has 0 aliphatic carbocycles. The number of carbonyl (C=O) groups excluding carboxylic acids is 1. The predicted octanol–water partition coefficient (Wildman–Crippen LogP) is 2.32. The van der Waals surface area contributed by atoms with E-state index in [1.54, 1.807) is 0 Å². The number of hydroxylamine groups is 1. The van der Waals surface area contributed by atoms with E-state index < -0.39 is 0 Å². The van der Waals surface area contributed by atoms with E-state index in [-0.39, 0.29) is 18.1 Å². The molecule has 2 aliphatic rings. The first-order chi connectivity index (χ1) is 10.1. The van der Waals surface area contributed by atoms with Crippen LogP contribution < -0.4 is 5.48 Å². The van der Waals surface area contributed by atoms with E-state index in [4.69, 9.17) is 4.84 Å². The molecule has 2 fully saturated rings.